The normalized spacial score (nSPS) is 11.3. The van der Waals surface area contributed by atoms with E-state index >= 15 is 0 Å². The van der Waals surface area contributed by atoms with Crippen molar-refractivity contribution < 1.29 is 0 Å². The summed E-state index contributed by atoms with van der Waals surface area (Å²) in [6.45, 7) is 11.7. The lowest BCUT2D eigenvalue weighted by Crippen LogP contribution is -1.85. The minimum absolute atomic E-state index is 0.865. The lowest BCUT2D eigenvalue weighted by atomic mass is 10.1. The summed E-state index contributed by atoms with van der Waals surface area (Å²) in [6, 6.07) is 13.1. The van der Waals surface area contributed by atoms with Gasteiger partial charge < -0.3 is 4.98 Å². The molecular formula is C25H30ClNS. The molecule has 0 bridgehead atoms. The van der Waals surface area contributed by atoms with E-state index in [1.165, 1.54) is 32.5 Å². The Morgan fingerprint density at radius 2 is 1.93 bits per heavy atom. The first-order chi connectivity index (χ1) is 13.4. The Bertz CT molecular complexity index is 982. The molecule has 3 rings (SSSR count). The van der Waals surface area contributed by atoms with Gasteiger partial charge in [0.05, 0.1) is 0 Å². The van der Waals surface area contributed by atoms with Gasteiger partial charge in [-0.2, -0.15) is 0 Å². The van der Waals surface area contributed by atoms with Crippen LogP contribution in [0.5, 0.6) is 0 Å². The zero-order valence-electron chi connectivity index (χ0n) is 17.5. The van der Waals surface area contributed by atoms with Crippen molar-refractivity contribution in [1.82, 2.24) is 4.98 Å². The lowest BCUT2D eigenvalue weighted by Gasteiger charge is -2.06. The molecular weight excluding hydrogens is 382 g/mol. The van der Waals surface area contributed by atoms with Gasteiger partial charge >= 0.3 is 0 Å². The molecule has 28 heavy (non-hydrogen) atoms. The second-order valence-electron chi connectivity index (χ2n) is 6.94. The van der Waals surface area contributed by atoms with E-state index in [1.54, 1.807) is 17.8 Å². The van der Waals surface area contributed by atoms with Crippen LogP contribution in [-0.2, 0) is 6.42 Å². The first-order valence-electron chi connectivity index (χ1n) is 9.65. The number of aromatic nitrogens is 1. The van der Waals surface area contributed by atoms with Crippen molar-refractivity contribution >= 4 is 45.9 Å². The van der Waals surface area contributed by atoms with Crippen LogP contribution in [0.4, 0.5) is 0 Å². The first-order valence-corrected chi connectivity index (χ1v) is 11.2. The quantitative estimate of drug-likeness (QED) is 0.328. The van der Waals surface area contributed by atoms with E-state index in [0.717, 1.165) is 29.1 Å². The number of thioether (sulfide) groups is 1. The standard InChI is InChI=1S/C22H24ClNS.C3H6/c1-5-6-16-12-21-18(11-19(16)23)13-20(24-21)15(3)10-17-8-7-14(2)9-22(17)25-4;1-3-2/h7-13,24H,5-6H2,1-4H3;3H,1H2,2H3/b15-10+;. The molecule has 0 saturated carbocycles. The molecule has 1 N–H and O–H groups in total. The third kappa shape index (κ3) is 5.56. The molecule has 0 amide bonds. The van der Waals surface area contributed by atoms with Crippen LogP contribution in [0.15, 0.2) is 53.9 Å². The molecule has 0 radical (unpaired) electrons. The van der Waals surface area contributed by atoms with Crippen LogP contribution in [0, 0.1) is 6.92 Å². The van der Waals surface area contributed by atoms with Gasteiger partial charge in [0.2, 0.25) is 0 Å². The van der Waals surface area contributed by atoms with Crippen LogP contribution in [0.1, 0.15) is 49.6 Å². The fourth-order valence-corrected chi connectivity index (χ4v) is 4.05. The molecule has 0 unspecified atom stereocenters. The molecule has 1 aromatic heterocycles. The average molecular weight is 412 g/mol. The number of benzene rings is 2. The maximum absolute atomic E-state index is 6.42. The predicted octanol–water partition coefficient (Wildman–Crippen LogP) is 8.56. The highest BCUT2D eigenvalue weighted by molar-refractivity contribution is 7.98. The topological polar surface area (TPSA) is 15.8 Å². The van der Waals surface area contributed by atoms with Crippen molar-refractivity contribution in [2.75, 3.05) is 6.26 Å². The summed E-state index contributed by atoms with van der Waals surface area (Å²) in [7, 11) is 0. The number of fused-ring (bicyclic) bond motifs is 1. The molecule has 1 heterocycles. The van der Waals surface area contributed by atoms with Crippen molar-refractivity contribution in [2.45, 2.75) is 45.4 Å². The SMILES string of the molecule is C=CC.CCCc1cc2[nH]c(/C(C)=C/c3ccc(C)cc3SC)cc2cc1Cl. The summed E-state index contributed by atoms with van der Waals surface area (Å²) < 4.78 is 0. The van der Waals surface area contributed by atoms with Gasteiger partial charge in [0, 0.05) is 26.5 Å². The molecule has 1 nitrogen and oxygen atoms in total. The van der Waals surface area contributed by atoms with Crippen LogP contribution in [0.2, 0.25) is 5.02 Å². The third-order valence-electron chi connectivity index (χ3n) is 4.49. The molecule has 148 valence electrons. The number of hydrogen-bond acceptors (Lipinski definition) is 1. The lowest BCUT2D eigenvalue weighted by molar-refractivity contribution is 0.923. The molecule has 3 heteroatoms. The summed E-state index contributed by atoms with van der Waals surface area (Å²) >= 11 is 8.21. The summed E-state index contributed by atoms with van der Waals surface area (Å²) in [6.07, 6.45) is 8.24. The van der Waals surface area contributed by atoms with Gasteiger partial charge in [-0.05, 0) is 86.1 Å². The fraction of sp³-hybridized carbons (Fsp3) is 0.280. The van der Waals surface area contributed by atoms with Crippen LogP contribution in [-0.4, -0.2) is 11.2 Å². The van der Waals surface area contributed by atoms with Gasteiger partial charge in [0.1, 0.15) is 0 Å². The zero-order valence-corrected chi connectivity index (χ0v) is 19.1. The van der Waals surface area contributed by atoms with E-state index in [0.29, 0.717) is 0 Å². The van der Waals surface area contributed by atoms with Gasteiger partial charge in [0.25, 0.3) is 0 Å². The summed E-state index contributed by atoms with van der Waals surface area (Å²) in [5.41, 5.74) is 7.30. The number of aryl methyl sites for hydroxylation is 2. The van der Waals surface area contributed by atoms with Gasteiger partial charge in [-0.25, -0.2) is 0 Å². The molecule has 0 spiro atoms. The third-order valence-corrected chi connectivity index (χ3v) is 5.64. The predicted molar refractivity (Wildman–Crippen MR) is 130 cm³/mol. The van der Waals surface area contributed by atoms with Crippen molar-refractivity contribution in [1.29, 1.82) is 0 Å². The van der Waals surface area contributed by atoms with Crippen molar-refractivity contribution in [2.24, 2.45) is 0 Å². The van der Waals surface area contributed by atoms with Gasteiger partial charge in [-0.1, -0.05) is 43.2 Å². The number of H-pyrrole nitrogens is 1. The Balaban J connectivity index is 0.000000878. The van der Waals surface area contributed by atoms with E-state index in [2.05, 4.69) is 81.1 Å². The molecule has 2 aromatic carbocycles. The number of rotatable bonds is 5. The Kier molecular flexibility index (Phi) is 8.47. The summed E-state index contributed by atoms with van der Waals surface area (Å²) in [4.78, 5) is 4.87. The summed E-state index contributed by atoms with van der Waals surface area (Å²) in [5.74, 6) is 0. The van der Waals surface area contributed by atoms with Gasteiger partial charge in [-0.15, -0.1) is 18.3 Å². The van der Waals surface area contributed by atoms with Crippen LogP contribution in [0.25, 0.3) is 22.6 Å². The second-order valence-corrected chi connectivity index (χ2v) is 8.20. The van der Waals surface area contributed by atoms with E-state index in [9.17, 15) is 0 Å². The molecule has 0 aliphatic rings. The molecule has 0 aliphatic carbocycles. The summed E-state index contributed by atoms with van der Waals surface area (Å²) in [5, 5.41) is 2.03. The Morgan fingerprint density at radius 3 is 2.57 bits per heavy atom. The minimum Gasteiger partial charge on any atom is -0.355 e. The smallest absolute Gasteiger partial charge is 0.0462 e. The molecule has 0 atom stereocenters. The molecule has 0 fully saturated rings. The number of halogens is 1. The zero-order chi connectivity index (χ0) is 20.7. The molecule has 0 saturated heterocycles. The largest absolute Gasteiger partial charge is 0.355 e. The minimum atomic E-state index is 0.865. The Hall–Kier alpha value is -1.90. The number of nitrogens with one attached hydrogen (secondary N) is 1. The van der Waals surface area contributed by atoms with Crippen molar-refractivity contribution in [3.63, 3.8) is 0 Å². The highest BCUT2D eigenvalue weighted by atomic mass is 35.5. The van der Waals surface area contributed by atoms with Crippen molar-refractivity contribution in [3.8, 4) is 0 Å². The number of allylic oxidation sites excluding steroid dienone is 2. The maximum atomic E-state index is 6.42. The van der Waals surface area contributed by atoms with E-state index in [-0.39, 0.29) is 0 Å². The second kappa shape index (κ2) is 10.6. The van der Waals surface area contributed by atoms with Crippen LogP contribution >= 0.6 is 23.4 Å². The number of aromatic amines is 1. The fourth-order valence-electron chi connectivity index (χ4n) is 3.12. The molecule has 3 aromatic rings. The van der Waals surface area contributed by atoms with Crippen LogP contribution < -0.4 is 0 Å². The van der Waals surface area contributed by atoms with E-state index in [4.69, 9.17) is 11.6 Å². The van der Waals surface area contributed by atoms with E-state index in [1.807, 2.05) is 6.92 Å². The van der Waals surface area contributed by atoms with Crippen molar-refractivity contribution in [3.05, 3.63) is 76.5 Å². The monoisotopic (exact) mass is 411 g/mol. The average Bonchev–Trinajstić information content (AvgIpc) is 3.07. The van der Waals surface area contributed by atoms with E-state index < -0.39 is 0 Å². The highest BCUT2D eigenvalue weighted by Gasteiger charge is 2.08. The highest BCUT2D eigenvalue weighted by Crippen LogP contribution is 2.30. The van der Waals surface area contributed by atoms with Crippen LogP contribution in [0.3, 0.4) is 0 Å². The Labute approximate surface area is 178 Å². The van der Waals surface area contributed by atoms with Gasteiger partial charge in [0.15, 0.2) is 0 Å². The number of hydrogen-bond donors (Lipinski definition) is 1. The first kappa shape index (κ1) is 22.4. The maximum Gasteiger partial charge on any atom is 0.0462 e. The molecule has 0 aliphatic heterocycles. The Morgan fingerprint density at radius 1 is 1.21 bits per heavy atom. The van der Waals surface area contributed by atoms with Gasteiger partial charge in [-0.3, -0.25) is 0 Å².